The summed E-state index contributed by atoms with van der Waals surface area (Å²) in [6, 6.07) is 21.7. The lowest BCUT2D eigenvalue weighted by molar-refractivity contribution is -0.141. The second kappa shape index (κ2) is 12.2. The van der Waals surface area contributed by atoms with Gasteiger partial charge >= 0.3 is 0 Å². The fourth-order valence-corrected chi connectivity index (χ4v) is 5.27. The lowest BCUT2D eigenvalue weighted by atomic mass is 9.95. The first-order chi connectivity index (χ1) is 17.0. The number of hydrogen-bond donors (Lipinski definition) is 1. The van der Waals surface area contributed by atoms with E-state index in [1.165, 1.54) is 17.2 Å². The molecule has 0 bridgehead atoms. The third-order valence-corrected chi connectivity index (χ3v) is 7.34. The SMILES string of the molecule is CCC(C(=O)NC1CCCCC1)N(Cc1ccc(Cl)cc1)C(=O)CCc1cccc2ccccc12. The van der Waals surface area contributed by atoms with Crippen molar-refractivity contribution < 1.29 is 9.59 Å². The Morgan fingerprint density at radius 1 is 0.971 bits per heavy atom. The van der Waals surface area contributed by atoms with E-state index in [0.29, 0.717) is 30.8 Å². The third kappa shape index (κ3) is 6.64. The van der Waals surface area contributed by atoms with Crippen molar-refractivity contribution in [3.63, 3.8) is 0 Å². The van der Waals surface area contributed by atoms with E-state index >= 15 is 0 Å². The van der Waals surface area contributed by atoms with Gasteiger partial charge in [-0.1, -0.05) is 92.4 Å². The first kappa shape index (κ1) is 25.2. The molecule has 5 heteroatoms. The predicted octanol–water partition coefficient (Wildman–Crippen LogP) is 6.68. The van der Waals surface area contributed by atoms with Crippen LogP contribution in [0.3, 0.4) is 0 Å². The molecule has 3 aromatic carbocycles. The number of rotatable bonds is 9. The van der Waals surface area contributed by atoms with Crippen molar-refractivity contribution >= 4 is 34.2 Å². The molecule has 0 spiro atoms. The number of nitrogens with one attached hydrogen (secondary N) is 1. The molecule has 1 atom stereocenters. The zero-order valence-electron chi connectivity index (χ0n) is 20.5. The molecule has 1 aliphatic rings. The molecule has 184 valence electrons. The fraction of sp³-hybridized carbons (Fsp3) is 0.400. The van der Waals surface area contributed by atoms with E-state index in [1.807, 2.05) is 49.4 Å². The van der Waals surface area contributed by atoms with E-state index in [1.54, 1.807) is 4.90 Å². The minimum absolute atomic E-state index is 0.00136. The van der Waals surface area contributed by atoms with Crippen LogP contribution in [0.5, 0.6) is 0 Å². The number of nitrogens with zero attached hydrogens (tertiary/aromatic N) is 1. The van der Waals surface area contributed by atoms with E-state index < -0.39 is 6.04 Å². The highest BCUT2D eigenvalue weighted by atomic mass is 35.5. The van der Waals surface area contributed by atoms with Gasteiger partial charge in [-0.3, -0.25) is 9.59 Å². The predicted molar refractivity (Wildman–Crippen MR) is 143 cm³/mol. The Kier molecular flexibility index (Phi) is 8.81. The van der Waals surface area contributed by atoms with Gasteiger partial charge in [0.1, 0.15) is 6.04 Å². The van der Waals surface area contributed by atoms with Crippen LogP contribution >= 0.6 is 11.6 Å². The Hall–Kier alpha value is -2.85. The molecule has 0 heterocycles. The topological polar surface area (TPSA) is 49.4 Å². The maximum Gasteiger partial charge on any atom is 0.243 e. The first-order valence-electron chi connectivity index (χ1n) is 12.9. The summed E-state index contributed by atoms with van der Waals surface area (Å²) in [5.41, 5.74) is 2.12. The van der Waals surface area contributed by atoms with Gasteiger partial charge in [0, 0.05) is 24.0 Å². The van der Waals surface area contributed by atoms with Crippen molar-refractivity contribution in [3.05, 3.63) is 82.9 Å². The van der Waals surface area contributed by atoms with Crippen molar-refractivity contribution in [2.45, 2.75) is 76.9 Å². The van der Waals surface area contributed by atoms with Gasteiger partial charge < -0.3 is 10.2 Å². The molecule has 1 saturated carbocycles. The molecule has 1 fully saturated rings. The lowest BCUT2D eigenvalue weighted by Crippen LogP contribution is -2.51. The maximum absolute atomic E-state index is 13.6. The Morgan fingerprint density at radius 3 is 2.43 bits per heavy atom. The second-order valence-corrected chi connectivity index (χ2v) is 9.99. The Labute approximate surface area is 213 Å². The molecule has 4 rings (SSSR count). The van der Waals surface area contributed by atoms with Crippen LogP contribution in [-0.4, -0.2) is 28.8 Å². The van der Waals surface area contributed by atoms with E-state index in [4.69, 9.17) is 11.6 Å². The van der Waals surface area contributed by atoms with Crippen LogP contribution in [0.25, 0.3) is 10.8 Å². The molecule has 1 unspecified atom stereocenters. The normalized spacial score (nSPS) is 15.0. The van der Waals surface area contributed by atoms with Crippen molar-refractivity contribution in [2.24, 2.45) is 0 Å². The number of hydrogen-bond acceptors (Lipinski definition) is 2. The average molecular weight is 491 g/mol. The van der Waals surface area contributed by atoms with Crippen LogP contribution in [-0.2, 0) is 22.6 Å². The quantitative estimate of drug-likeness (QED) is 0.363. The maximum atomic E-state index is 13.6. The van der Waals surface area contributed by atoms with Gasteiger partial charge in [0.25, 0.3) is 0 Å². The largest absolute Gasteiger partial charge is 0.352 e. The van der Waals surface area contributed by atoms with Gasteiger partial charge in [-0.15, -0.1) is 0 Å². The molecule has 3 aromatic rings. The highest BCUT2D eigenvalue weighted by molar-refractivity contribution is 6.30. The smallest absolute Gasteiger partial charge is 0.243 e. The number of benzene rings is 3. The van der Waals surface area contributed by atoms with E-state index in [-0.39, 0.29) is 17.9 Å². The summed E-state index contributed by atoms with van der Waals surface area (Å²) in [6.45, 7) is 2.38. The average Bonchev–Trinajstić information content (AvgIpc) is 2.89. The summed E-state index contributed by atoms with van der Waals surface area (Å²) in [7, 11) is 0. The monoisotopic (exact) mass is 490 g/mol. The number of fused-ring (bicyclic) bond motifs is 1. The highest BCUT2D eigenvalue weighted by Crippen LogP contribution is 2.22. The number of amides is 2. The van der Waals surface area contributed by atoms with Gasteiger partial charge in [-0.2, -0.15) is 0 Å². The first-order valence-corrected chi connectivity index (χ1v) is 13.2. The van der Waals surface area contributed by atoms with Gasteiger partial charge in [0.15, 0.2) is 0 Å². The zero-order chi connectivity index (χ0) is 24.6. The number of carbonyl (C=O) groups is 2. The van der Waals surface area contributed by atoms with Crippen LogP contribution < -0.4 is 5.32 Å². The fourth-order valence-electron chi connectivity index (χ4n) is 5.15. The van der Waals surface area contributed by atoms with Crippen LogP contribution in [0.1, 0.15) is 63.0 Å². The van der Waals surface area contributed by atoms with E-state index in [2.05, 4.69) is 29.6 Å². The van der Waals surface area contributed by atoms with Crippen LogP contribution in [0.15, 0.2) is 66.7 Å². The standard InChI is InChI=1S/C30H35ClN2O2/c1-2-28(30(35)32-26-12-4-3-5-13-26)33(21-22-15-18-25(31)19-16-22)29(34)20-17-24-11-8-10-23-9-6-7-14-27(23)24/h6-11,14-16,18-19,26,28H,2-5,12-13,17,20-21H2,1H3,(H,32,35). The lowest BCUT2D eigenvalue weighted by Gasteiger charge is -2.33. The molecule has 1 aliphatic carbocycles. The molecule has 0 radical (unpaired) electrons. The minimum atomic E-state index is -0.493. The summed E-state index contributed by atoms with van der Waals surface area (Å²) in [4.78, 5) is 28.8. The van der Waals surface area contributed by atoms with E-state index in [0.717, 1.165) is 36.8 Å². The van der Waals surface area contributed by atoms with E-state index in [9.17, 15) is 9.59 Å². The number of carbonyl (C=O) groups excluding carboxylic acids is 2. The zero-order valence-corrected chi connectivity index (χ0v) is 21.3. The van der Waals surface area contributed by atoms with Gasteiger partial charge in [-0.25, -0.2) is 0 Å². The minimum Gasteiger partial charge on any atom is -0.352 e. The molecule has 0 aliphatic heterocycles. The van der Waals surface area contributed by atoms with Gasteiger partial charge in [0.05, 0.1) is 0 Å². The Balaban J connectivity index is 1.52. The van der Waals surface area contributed by atoms with Crippen LogP contribution in [0.2, 0.25) is 5.02 Å². The molecule has 35 heavy (non-hydrogen) atoms. The van der Waals surface area contributed by atoms with Crippen molar-refractivity contribution in [1.29, 1.82) is 0 Å². The van der Waals surface area contributed by atoms with Crippen LogP contribution in [0.4, 0.5) is 0 Å². The Bertz CT molecular complexity index is 1130. The summed E-state index contributed by atoms with van der Waals surface area (Å²) >= 11 is 6.08. The van der Waals surface area contributed by atoms with Crippen LogP contribution in [0, 0.1) is 0 Å². The Morgan fingerprint density at radius 2 is 1.69 bits per heavy atom. The molecule has 4 nitrogen and oxygen atoms in total. The van der Waals surface area contributed by atoms with Gasteiger partial charge in [0.2, 0.25) is 11.8 Å². The molecule has 0 saturated heterocycles. The summed E-state index contributed by atoms with van der Waals surface area (Å²) in [6.07, 6.45) is 7.15. The molecular weight excluding hydrogens is 456 g/mol. The molecular formula is C30H35ClN2O2. The van der Waals surface area contributed by atoms with Crippen molar-refractivity contribution in [2.75, 3.05) is 0 Å². The van der Waals surface area contributed by atoms with Gasteiger partial charge in [-0.05, 0) is 59.7 Å². The second-order valence-electron chi connectivity index (χ2n) is 9.55. The van der Waals surface area contributed by atoms with Crippen molar-refractivity contribution in [1.82, 2.24) is 10.2 Å². The highest BCUT2D eigenvalue weighted by Gasteiger charge is 2.30. The van der Waals surface area contributed by atoms with Crippen molar-refractivity contribution in [3.8, 4) is 0 Å². The number of halogens is 1. The molecule has 0 aromatic heterocycles. The summed E-state index contributed by atoms with van der Waals surface area (Å²) < 4.78 is 0. The molecule has 2 amide bonds. The molecule has 1 N–H and O–H groups in total. The third-order valence-electron chi connectivity index (χ3n) is 7.09. The number of aryl methyl sites for hydroxylation is 1. The summed E-state index contributed by atoms with van der Waals surface area (Å²) in [5.74, 6) is -0.0367. The summed E-state index contributed by atoms with van der Waals surface area (Å²) in [5, 5.41) is 6.25.